The molecular formula is C118H86N2O2. The lowest BCUT2D eigenvalue weighted by molar-refractivity contribution is 0.653. The molecule has 2 aromatic heterocycles. The van der Waals surface area contributed by atoms with E-state index in [-0.39, 0.29) is 16.2 Å². The summed E-state index contributed by atoms with van der Waals surface area (Å²) < 4.78 is 14.2. The molecule has 0 unspecified atom stereocenters. The lowest BCUT2D eigenvalue weighted by atomic mass is 9.68. The van der Waals surface area contributed by atoms with Gasteiger partial charge in [-0.05, 0) is 195 Å². The van der Waals surface area contributed by atoms with Crippen molar-refractivity contribution in [1.29, 1.82) is 0 Å². The molecule has 2 heterocycles. The second kappa shape index (κ2) is 27.9. The van der Waals surface area contributed by atoms with E-state index in [1.54, 1.807) is 0 Å². The van der Waals surface area contributed by atoms with E-state index in [1.807, 2.05) is 0 Å². The first kappa shape index (κ1) is 72.4. The zero-order valence-corrected chi connectivity index (χ0v) is 69.0. The highest BCUT2D eigenvalue weighted by molar-refractivity contribution is 6.17. The smallest absolute Gasteiger partial charge is 0.143 e. The van der Waals surface area contributed by atoms with Crippen molar-refractivity contribution >= 4 is 78.0 Å². The minimum atomic E-state index is -0.493. The quantitative estimate of drug-likeness (QED) is 0.122. The summed E-state index contributed by atoms with van der Waals surface area (Å²) in [5.74, 6) is 0. The third-order valence-corrected chi connectivity index (χ3v) is 27.3. The van der Waals surface area contributed by atoms with Gasteiger partial charge in [-0.25, -0.2) is 0 Å². The molecule has 0 saturated carbocycles. The Balaban J connectivity index is 0.000000144. The molecule has 0 atom stereocenters. The van der Waals surface area contributed by atoms with Crippen LogP contribution in [0, 0.1) is 0 Å². The Labute approximate surface area is 712 Å². The number of furan rings is 2. The summed E-state index contributed by atoms with van der Waals surface area (Å²) in [6.45, 7) is 14.0. The van der Waals surface area contributed by atoms with E-state index in [0.717, 1.165) is 100 Å². The van der Waals surface area contributed by atoms with Gasteiger partial charge in [-0.3, -0.25) is 0 Å². The highest BCUT2D eigenvalue weighted by atomic mass is 16.3. The van der Waals surface area contributed by atoms with Gasteiger partial charge in [0.25, 0.3) is 0 Å². The van der Waals surface area contributed by atoms with Gasteiger partial charge in [0.15, 0.2) is 0 Å². The van der Waals surface area contributed by atoms with Gasteiger partial charge in [-0.1, -0.05) is 381 Å². The average Bonchev–Trinajstić information content (AvgIpc) is 1.53. The maximum Gasteiger partial charge on any atom is 0.143 e. The molecule has 0 aliphatic heterocycles. The molecule has 4 heteroatoms. The molecule has 18 aromatic carbocycles. The molecule has 4 nitrogen and oxygen atoms in total. The third-order valence-electron chi connectivity index (χ3n) is 27.3. The van der Waals surface area contributed by atoms with Crippen LogP contribution in [-0.4, -0.2) is 0 Å². The third kappa shape index (κ3) is 11.1. The molecule has 0 fully saturated rings. The fourth-order valence-corrected chi connectivity index (χ4v) is 21.3. The van der Waals surface area contributed by atoms with Gasteiger partial charge < -0.3 is 18.6 Å². The zero-order valence-electron chi connectivity index (χ0n) is 69.0. The standard InChI is InChI=1S/C64H45NO.C54H41NO/c1-63(2)56-27-14-12-23-51(56)52-38-37-49(41-59(52)63)65(47-33-29-43(30-34-47)42-17-6-3-7-18-42)48-35-31-44(32-36-48)50-25-16-26-53-54-39-40-58-60(62(54)66-61(50)53)55-24-13-15-28-57(55)64(58,45-19-8-4-9-20-45)46-21-10-5-11-22-46;1-53(2)47-20-11-9-16-45(47)50-48(53)32-31-44-43-18-12-17-40(51(43)56-52(44)50)36-23-27-38(28-24-36)55(37-25-21-35(22-26-37)34-13-6-5-7-14-34)39-29-30-42-41-15-8-10-19-46(41)54(3,4)49(42)33-39/h3-41H,1-2H3;5-33H,1-4H3. The first-order valence-corrected chi connectivity index (χ1v) is 42.7. The fourth-order valence-electron chi connectivity index (χ4n) is 21.3. The van der Waals surface area contributed by atoms with E-state index >= 15 is 0 Å². The Morgan fingerprint density at radius 1 is 0.180 bits per heavy atom. The van der Waals surface area contributed by atoms with Gasteiger partial charge >= 0.3 is 0 Å². The molecule has 4 aliphatic carbocycles. The van der Waals surface area contributed by atoms with Crippen LogP contribution < -0.4 is 9.80 Å². The Bertz CT molecular complexity index is 7500. The van der Waals surface area contributed by atoms with Crippen LogP contribution in [0.15, 0.2) is 421 Å². The summed E-state index contributed by atoms with van der Waals surface area (Å²) >= 11 is 0. The Morgan fingerprint density at radius 3 is 0.885 bits per heavy atom. The predicted molar refractivity (Wildman–Crippen MR) is 509 cm³/mol. The molecule has 0 spiro atoms. The van der Waals surface area contributed by atoms with Gasteiger partial charge in [-0.2, -0.15) is 0 Å². The van der Waals surface area contributed by atoms with Crippen molar-refractivity contribution in [1.82, 2.24) is 0 Å². The van der Waals surface area contributed by atoms with Gasteiger partial charge in [0.1, 0.15) is 22.3 Å². The van der Waals surface area contributed by atoms with E-state index in [4.69, 9.17) is 8.83 Å². The lowest BCUT2D eigenvalue weighted by Gasteiger charge is -2.33. The largest absolute Gasteiger partial charge is 0.455 e. The van der Waals surface area contributed by atoms with E-state index in [1.165, 1.54) is 122 Å². The molecule has 0 N–H and O–H groups in total. The minimum absolute atomic E-state index is 0.0793. The second-order valence-corrected chi connectivity index (χ2v) is 34.9. The number of benzene rings is 18. The van der Waals surface area contributed by atoms with Crippen molar-refractivity contribution in [3.8, 4) is 89.0 Å². The molecule has 24 rings (SSSR count). The second-order valence-electron chi connectivity index (χ2n) is 34.9. The number of hydrogen-bond acceptors (Lipinski definition) is 4. The van der Waals surface area contributed by atoms with E-state index < -0.39 is 5.41 Å². The van der Waals surface area contributed by atoms with Crippen molar-refractivity contribution in [2.75, 3.05) is 9.80 Å². The maximum absolute atomic E-state index is 7.25. The SMILES string of the molecule is CC1(C)c2ccccc2-c2ccc(N(c3ccc(-c4ccccc4)cc3)c3ccc(-c4cccc5c4oc4c6c(ccc45)C(C)(C)c4ccccc4-6)cc3)cc21.CC1(C)c2ccccc2-c2ccc(N(c3ccc(-c4ccccc4)cc3)c3ccc(-c4cccc5c4oc4c6c(ccc45)C(c4ccccc4)(c4ccccc4)c4ccccc4-6)cc3)cc21. The van der Waals surface area contributed by atoms with E-state index in [2.05, 4.69) is 464 Å². The van der Waals surface area contributed by atoms with Crippen LogP contribution in [0.1, 0.15) is 97.2 Å². The predicted octanol–water partition coefficient (Wildman–Crippen LogP) is 32.1. The topological polar surface area (TPSA) is 32.8 Å². The zero-order chi connectivity index (χ0) is 81.7. The molecule has 0 saturated heterocycles. The van der Waals surface area contributed by atoms with Gasteiger partial charge in [0, 0.05) is 94.2 Å². The Kier molecular flexibility index (Phi) is 16.6. The Hall–Kier alpha value is -14.8. The van der Waals surface area contributed by atoms with Crippen LogP contribution in [-0.2, 0) is 21.7 Å². The van der Waals surface area contributed by atoms with E-state index in [0.29, 0.717) is 0 Å². The summed E-state index contributed by atoms with van der Waals surface area (Å²) in [7, 11) is 0. The molecule has 580 valence electrons. The first-order chi connectivity index (χ1) is 59.8. The van der Waals surface area contributed by atoms with Crippen molar-refractivity contribution in [2.45, 2.75) is 63.2 Å². The average molecular weight is 1560 g/mol. The highest BCUT2D eigenvalue weighted by Gasteiger charge is 2.48. The lowest BCUT2D eigenvalue weighted by Crippen LogP contribution is -2.28. The number of para-hydroxylation sites is 2. The summed E-state index contributed by atoms with van der Waals surface area (Å²) in [4.78, 5) is 4.79. The van der Waals surface area contributed by atoms with Crippen LogP contribution in [0.4, 0.5) is 34.1 Å². The van der Waals surface area contributed by atoms with Crippen LogP contribution in [0.25, 0.3) is 133 Å². The fraction of sp³-hybridized carbons (Fsp3) is 0.0847. The monoisotopic (exact) mass is 1560 g/mol. The van der Waals surface area contributed by atoms with Crippen LogP contribution >= 0.6 is 0 Å². The number of hydrogen-bond donors (Lipinski definition) is 0. The van der Waals surface area contributed by atoms with Crippen LogP contribution in [0.2, 0.25) is 0 Å². The number of anilines is 6. The van der Waals surface area contributed by atoms with Crippen molar-refractivity contribution in [3.05, 3.63) is 468 Å². The number of nitrogens with zero attached hydrogens (tertiary/aromatic N) is 2. The highest BCUT2D eigenvalue weighted by Crippen LogP contribution is 2.61. The molecule has 0 amide bonds. The summed E-state index contributed by atoms with van der Waals surface area (Å²) in [5, 5.41) is 4.55. The van der Waals surface area contributed by atoms with Gasteiger partial charge in [-0.15, -0.1) is 0 Å². The van der Waals surface area contributed by atoms with Gasteiger partial charge in [0.05, 0.1) is 5.41 Å². The normalized spacial score (nSPS) is 14.1. The van der Waals surface area contributed by atoms with Crippen molar-refractivity contribution in [3.63, 3.8) is 0 Å². The molecule has 0 radical (unpaired) electrons. The van der Waals surface area contributed by atoms with E-state index in [9.17, 15) is 0 Å². The summed E-state index contributed by atoms with van der Waals surface area (Å²) in [6, 6.07) is 151. The van der Waals surface area contributed by atoms with Crippen molar-refractivity contribution < 1.29 is 8.83 Å². The molecule has 122 heavy (non-hydrogen) atoms. The molecular weight excluding hydrogens is 1480 g/mol. The molecule has 4 aliphatic rings. The van der Waals surface area contributed by atoms with Crippen molar-refractivity contribution in [2.24, 2.45) is 0 Å². The molecule has 20 aromatic rings. The van der Waals surface area contributed by atoms with Gasteiger partial charge in [0.2, 0.25) is 0 Å². The molecule has 0 bridgehead atoms. The number of fused-ring (bicyclic) bond motifs is 20. The summed E-state index contributed by atoms with van der Waals surface area (Å²) in [6.07, 6.45) is 0. The van der Waals surface area contributed by atoms with Crippen LogP contribution in [0.3, 0.4) is 0 Å². The number of rotatable bonds is 12. The minimum Gasteiger partial charge on any atom is -0.455 e. The maximum atomic E-state index is 7.25. The summed E-state index contributed by atoms with van der Waals surface area (Å²) in [5.41, 5.74) is 42.2. The van der Waals surface area contributed by atoms with Crippen LogP contribution in [0.5, 0.6) is 0 Å². The Morgan fingerprint density at radius 2 is 0.467 bits per heavy atom. The first-order valence-electron chi connectivity index (χ1n) is 42.7.